The molecule has 0 saturated heterocycles. The first kappa shape index (κ1) is 21.7. The Balaban J connectivity index is 1.57. The molecule has 1 unspecified atom stereocenters. The van der Waals surface area contributed by atoms with Crippen LogP contribution in [-0.4, -0.2) is 53.1 Å². The summed E-state index contributed by atoms with van der Waals surface area (Å²) in [7, 11) is 3.84. The molecule has 0 aliphatic rings. The molecule has 0 saturated carbocycles. The van der Waals surface area contributed by atoms with Gasteiger partial charge in [0, 0.05) is 24.8 Å². The Labute approximate surface area is 177 Å². The molecule has 1 amide bonds. The zero-order valence-electron chi connectivity index (χ0n) is 17.8. The molecule has 1 N–H and O–H groups in total. The van der Waals surface area contributed by atoms with Crippen LogP contribution in [0.5, 0.6) is 0 Å². The van der Waals surface area contributed by atoms with Gasteiger partial charge in [-0.3, -0.25) is 14.8 Å². The van der Waals surface area contributed by atoms with Gasteiger partial charge in [-0.25, -0.2) is 4.39 Å². The lowest BCUT2D eigenvalue weighted by atomic mass is 10.0. The Kier molecular flexibility index (Phi) is 7.36. The number of aromatic amines is 1. The van der Waals surface area contributed by atoms with Gasteiger partial charge in [0.05, 0.1) is 5.69 Å². The summed E-state index contributed by atoms with van der Waals surface area (Å²) in [5.41, 5.74) is 3.68. The number of carbonyl (C=O) groups is 1. The van der Waals surface area contributed by atoms with Crippen molar-refractivity contribution in [3.8, 4) is 11.3 Å². The van der Waals surface area contributed by atoms with Gasteiger partial charge in [0.15, 0.2) is 0 Å². The number of nitrogens with one attached hydrogen (secondary N) is 1. The molecule has 30 heavy (non-hydrogen) atoms. The van der Waals surface area contributed by atoms with Crippen molar-refractivity contribution >= 4 is 5.91 Å². The van der Waals surface area contributed by atoms with E-state index < -0.39 is 0 Å². The third-order valence-corrected chi connectivity index (χ3v) is 5.38. The third kappa shape index (κ3) is 5.33. The molecule has 0 aliphatic carbocycles. The maximum atomic E-state index is 13.1. The number of carbonyl (C=O) groups excluding carboxylic acids is 1. The second-order valence-corrected chi connectivity index (χ2v) is 7.54. The fourth-order valence-electron chi connectivity index (χ4n) is 3.49. The largest absolute Gasteiger partial charge is 0.344 e. The van der Waals surface area contributed by atoms with Gasteiger partial charge in [-0.05, 0) is 62.3 Å². The van der Waals surface area contributed by atoms with Crippen LogP contribution in [0.25, 0.3) is 11.3 Å². The minimum Gasteiger partial charge on any atom is -0.344 e. The zero-order valence-corrected chi connectivity index (χ0v) is 17.8. The summed E-state index contributed by atoms with van der Waals surface area (Å²) in [5, 5.41) is 7.36. The van der Waals surface area contributed by atoms with Gasteiger partial charge >= 0.3 is 0 Å². The molecule has 2 aromatic carbocycles. The molecule has 0 bridgehead atoms. The van der Waals surface area contributed by atoms with Gasteiger partial charge in [0.1, 0.15) is 11.9 Å². The van der Waals surface area contributed by atoms with E-state index in [0.29, 0.717) is 6.54 Å². The fraction of sp³-hybridized carbons (Fsp3) is 0.333. The van der Waals surface area contributed by atoms with Gasteiger partial charge in [-0.2, -0.15) is 5.10 Å². The van der Waals surface area contributed by atoms with Crippen molar-refractivity contribution in [3.63, 3.8) is 0 Å². The standard InChI is InChI=1S/C24H29FN4O/c1-4-28(2)23(19-9-6-5-7-10-19)24(30)29(3)16-8-11-21-17-22(27-26-21)18-12-14-20(25)15-13-18/h5-7,9-10,12-15,17,23H,4,8,11,16H2,1-3H3,(H,26,27). The second kappa shape index (κ2) is 10.2. The Bertz CT molecular complexity index is 939. The number of rotatable bonds is 9. The van der Waals surface area contributed by atoms with Crippen LogP contribution >= 0.6 is 0 Å². The zero-order chi connectivity index (χ0) is 21.5. The summed E-state index contributed by atoms with van der Waals surface area (Å²) in [6.07, 6.45) is 1.61. The predicted molar refractivity (Wildman–Crippen MR) is 117 cm³/mol. The van der Waals surface area contributed by atoms with E-state index in [2.05, 4.69) is 22.0 Å². The maximum absolute atomic E-state index is 13.1. The normalized spacial score (nSPS) is 12.2. The number of hydrogen-bond donors (Lipinski definition) is 1. The molecule has 0 radical (unpaired) electrons. The van der Waals surface area contributed by atoms with Gasteiger partial charge in [0.25, 0.3) is 0 Å². The van der Waals surface area contributed by atoms with Crippen molar-refractivity contribution in [1.29, 1.82) is 0 Å². The summed E-state index contributed by atoms with van der Waals surface area (Å²) in [6.45, 7) is 3.50. The molecular weight excluding hydrogens is 379 g/mol. The first-order chi connectivity index (χ1) is 14.5. The highest BCUT2D eigenvalue weighted by Crippen LogP contribution is 2.22. The number of H-pyrrole nitrogens is 1. The smallest absolute Gasteiger partial charge is 0.244 e. The molecule has 6 heteroatoms. The molecule has 0 aliphatic heterocycles. The molecule has 3 aromatic rings. The lowest BCUT2D eigenvalue weighted by molar-refractivity contribution is -0.135. The topological polar surface area (TPSA) is 52.2 Å². The number of aryl methyl sites for hydroxylation is 1. The van der Waals surface area contributed by atoms with Crippen molar-refractivity contribution in [2.24, 2.45) is 0 Å². The van der Waals surface area contributed by atoms with Crippen LogP contribution in [-0.2, 0) is 11.2 Å². The summed E-state index contributed by atoms with van der Waals surface area (Å²) < 4.78 is 13.1. The van der Waals surface area contributed by atoms with Crippen LogP contribution in [0, 0.1) is 5.82 Å². The SMILES string of the molecule is CCN(C)C(C(=O)N(C)CCCc1cc(-c2ccc(F)cc2)n[nH]1)c1ccccc1. The fourth-order valence-corrected chi connectivity index (χ4v) is 3.49. The Hall–Kier alpha value is -2.99. The quantitative estimate of drug-likeness (QED) is 0.574. The lowest BCUT2D eigenvalue weighted by Crippen LogP contribution is -2.40. The second-order valence-electron chi connectivity index (χ2n) is 7.54. The lowest BCUT2D eigenvalue weighted by Gasteiger charge is -2.30. The van der Waals surface area contributed by atoms with Gasteiger partial charge in [-0.1, -0.05) is 37.3 Å². The molecule has 0 spiro atoms. The predicted octanol–water partition coefficient (Wildman–Crippen LogP) is 4.30. The number of nitrogens with zero attached hydrogens (tertiary/aromatic N) is 3. The Morgan fingerprint density at radius 1 is 1.10 bits per heavy atom. The van der Waals surface area contributed by atoms with E-state index in [1.165, 1.54) is 12.1 Å². The maximum Gasteiger partial charge on any atom is 0.244 e. The Morgan fingerprint density at radius 2 is 1.80 bits per heavy atom. The van der Waals surface area contributed by atoms with E-state index in [4.69, 9.17) is 0 Å². The van der Waals surface area contributed by atoms with Crippen molar-refractivity contribution in [2.45, 2.75) is 25.8 Å². The molecule has 1 heterocycles. The van der Waals surface area contributed by atoms with Gasteiger partial charge < -0.3 is 4.90 Å². The highest BCUT2D eigenvalue weighted by atomic mass is 19.1. The molecule has 5 nitrogen and oxygen atoms in total. The highest BCUT2D eigenvalue weighted by molar-refractivity contribution is 5.83. The summed E-state index contributed by atoms with van der Waals surface area (Å²) in [4.78, 5) is 17.0. The van der Waals surface area contributed by atoms with E-state index in [1.807, 2.05) is 50.5 Å². The first-order valence-electron chi connectivity index (χ1n) is 10.3. The van der Waals surface area contributed by atoms with Crippen molar-refractivity contribution in [3.05, 3.63) is 77.7 Å². The van der Waals surface area contributed by atoms with E-state index >= 15 is 0 Å². The van der Waals surface area contributed by atoms with E-state index in [1.54, 1.807) is 17.0 Å². The minimum atomic E-state index is -0.279. The van der Waals surface area contributed by atoms with Gasteiger partial charge in [-0.15, -0.1) is 0 Å². The first-order valence-corrected chi connectivity index (χ1v) is 10.3. The highest BCUT2D eigenvalue weighted by Gasteiger charge is 2.26. The molecular formula is C24H29FN4O. The number of aromatic nitrogens is 2. The van der Waals surface area contributed by atoms with E-state index in [9.17, 15) is 9.18 Å². The third-order valence-electron chi connectivity index (χ3n) is 5.38. The average molecular weight is 409 g/mol. The van der Waals surface area contributed by atoms with Crippen LogP contribution in [0.4, 0.5) is 4.39 Å². The van der Waals surface area contributed by atoms with Crippen molar-refractivity contribution in [2.75, 3.05) is 27.2 Å². The van der Waals surface area contributed by atoms with Crippen LogP contribution in [0.2, 0.25) is 0 Å². The number of hydrogen-bond acceptors (Lipinski definition) is 3. The van der Waals surface area contributed by atoms with Crippen LogP contribution < -0.4 is 0 Å². The molecule has 1 atom stereocenters. The summed E-state index contributed by atoms with van der Waals surface area (Å²) >= 11 is 0. The average Bonchev–Trinajstić information content (AvgIpc) is 3.23. The number of halogens is 1. The molecule has 158 valence electrons. The van der Waals surface area contributed by atoms with Crippen LogP contribution in [0.15, 0.2) is 60.7 Å². The van der Waals surface area contributed by atoms with Gasteiger partial charge in [0.2, 0.25) is 5.91 Å². The summed E-state index contributed by atoms with van der Waals surface area (Å²) in [6, 6.07) is 17.9. The molecule has 3 rings (SSSR count). The minimum absolute atomic E-state index is 0.0992. The van der Waals surface area contributed by atoms with E-state index in [0.717, 1.165) is 41.9 Å². The van der Waals surface area contributed by atoms with Crippen LogP contribution in [0.1, 0.15) is 30.6 Å². The number of likely N-dealkylation sites (N-methyl/N-ethyl adjacent to an activating group) is 2. The molecule has 1 aromatic heterocycles. The molecule has 0 fully saturated rings. The number of benzene rings is 2. The monoisotopic (exact) mass is 408 g/mol. The Morgan fingerprint density at radius 3 is 2.47 bits per heavy atom. The van der Waals surface area contributed by atoms with Crippen molar-refractivity contribution in [1.82, 2.24) is 20.0 Å². The van der Waals surface area contributed by atoms with Crippen LogP contribution in [0.3, 0.4) is 0 Å². The summed E-state index contributed by atoms with van der Waals surface area (Å²) in [5.74, 6) is -0.160. The van der Waals surface area contributed by atoms with Crippen molar-refractivity contribution < 1.29 is 9.18 Å². The van der Waals surface area contributed by atoms with E-state index in [-0.39, 0.29) is 17.8 Å². The number of amides is 1.